The van der Waals surface area contributed by atoms with Gasteiger partial charge in [0.25, 0.3) is 0 Å². The van der Waals surface area contributed by atoms with Crippen LogP contribution in [0.2, 0.25) is 0 Å². The summed E-state index contributed by atoms with van der Waals surface area (Å²) in [6.07, 6.45) is 0. The standard InChI is InChI=1S/C64H40N6/c1-4-17-42(18-5-1)60-55-40-59-54(51-25-12-15-30-58(51)70(59)46-21-8-3-9-22-46)39-53(55)52-27-16-26-48(61(52)65-60)41-31-33-44(34-32-41)63-66-62(43-19-6-2-7-20-43)67-64(68-63)45-35-37-47(38-36-45)69-56-28-13-10-23-49(56)50-24-11-14-29-57(50)69/h1-40H. The molecule has 326 valence electrons. The van der Waals surface area contributed by atoms with Crippen LogP contribution in [-0.2, 0) is 0 Å². The van der Waals surface area contributed by atoms with Crippen molar-refractivity contribution in [1.82, 2.24) is 29.1 Å². The molecule has 0 saturated heterocycles. The van der Waals surface area contributed by atoms with Crippen LogP contribution >= 0.6 is 0 Å². The van der Waals surface area contributed by atoms with Crippen molar-refractivity contribution in [3.63, 3.8) is 0 Å². The SMILES string of the molecule is c1ccc(-c2nc(-c3ccc(-c4cccc5c4nc(-c4ccccc4)c4cc6c(cc45)c4ccccc4n6-c4ccccc4)cc3)nc(-c3ccc(-n4c5ccccc5c5ccccc54)cc3)n2)cc1. The summed E-state index contributed by atoms with van der Waals surface area (Å²) in [5.74, 6) is 1.84. The van der Waals surface area contributed by atoms with E-state index in [9.17, 15) is 0 Å². The second kappa shape index (κ2) is 16.1. The molecule has 14 aromatic rings. The van der Waals surface area contributed by atoms with E-state index in [0.717, 1.165) is 72.3 Å². The Balaban J connectivity index is 0.893. The number of rotatable bonds is 7. The molecule has 0 aliphatic carbocycles. The zero-order chi connectivity index (χ0) is 46.1. The molecule has 0 amide bonds. The van der Waals surface area contributed by atoms with Gasteiger partial charge in [0.05, 0.1) is 33.3 Å². The summed E-state index contributed by atoms with van der Waals surface area (Å²) in [4.78, 5) is 20.9. The molecule has 14 rings (SSSR count). The molecule has 0 unspecified atom stereocenters. The molecule has 4 heterocycles. The summed E-state index contributed by atoms with van der Waals surface area (Å²) >= 11 is 0. The van der Waals surface area contributed by atoms with Crippen LogP contribution in [0.5, 0.6) is 0 Å². The van der Waals surface area contributed by atoms with Crippen LogP contribution in [0.4, 0.5) is 0 Å². The average molecular weight is 893 g/mol. The quantitative estimate of drug-likeness (QED) is 0.150. The third-order valence-corrected chi connectivity index (χ3v) is 13.8. The Labute approximate surface area is 403 Å². The second-order valence-electron chi connectivity index (χ2n) is 17.8. The summed E-state index contributed by atoms with van der Waals surface area (Å²) < 4.78 is 4.70. The number of pyridine rings is 1. The van der Waals surface area contributed by atoms with Crippen molar-refractivity contribution in [1.29, 1.82) is 0 Å². The first kappa shape index (κ1) is 39.6. The monoisotopic (exact) mass is 892 g/mol. The highest BCUT2D eigenvalue weighted by Gasteiger charge is 2.20. The Morgan fingerprint density at radius 1 is 0.243 bits per heavy atom. The van der Waals surface area contributed by atoms with Gasteiger partial charge >= 0.3 is 0 Å². The van der Waals surface area contributed by atoms with E-state index in [0.29, 0.717) is 17.5 Å². The molecule has 4 aromatic heterocycles. The Hall–Kier alpha value is -9.52. The van der Waals surface area contributed by atoms with Crippen LogP contribution in [0.25, 0.3) is 133 Å². The maximum atomic E-state index is 5.59. The van der Waals surface area contributed by atoms with Gasteiger partial charge in [-0.1, -0.05) is 176 Å². The molecule has 0 N–H and O–H groups in total. The number of hydrogen-bond acceptors (Lipinski definition) is 4. The van der Waals surface area contributed by atoms with Gasteiger partial charge in [0.1, 0.15) is 0 Å². The van der Waals surface area contributed by atoms with E-state index in [4.69, 9.17) is 19.9 Å². The molecule has 0 aliphatic rings. The van der Waals surface area contributed by atoms with Crippen LogP contribution in [0, 0.1) is 0 Å². The predicted octanol–water partition coefficient (Wildman–Crippen LogP) is 16.1. The summed E-state index contributed by atoms with van der Waals surface area (Å²) in [5, 5.41) is 8.27. The summed E-state index contributed by atoms with van der Waals surface area (Å²) in [5.41, 5.74) is 14.7. The van der Waals surface area contributed by atoms with E-state index in [1.807, 2.05) is 30.3 Å². The fraction of sp³-hybridized carbons (Fsp3) is 0. The minimum atomic E-state index is 0.606. The van der Waals surface area contributed by atoms with Gasteiger partial charge in [-0.05, 0) is 77.7 Å². The van der Waals surface area contributed by atoms with Gasteiger partial charge in [0.15, 0.2) is 17.5 Å². The maximum Gasteiger partial charge on any atom is 0.164 e. The molecule has 0 fully saturated rings. The van der Waals surface area contributed by atoms with Crippen LogP contribution in [-0.4, -0.2) is 29.1 Å². The molecule has 10 aromatic carbocycles. The summed E-state index contributed by atoms with van der Waals surface area (Å²) in [6, 6.07) is 85.6. The normalized spacial score (nSPS) is 11.7. The number of benzene rings is 10. The second-order valence-corrected chi connectivity index (χ2v) is 17.8. The first-order chi connectivity index (χ1) is 34.7. The lowest BCUT2D eigenvalue weighted by atomic mass is 9.94. The first-order valence-electron chi connectivity index (χ1n) is 23.6. The summed E-state index contributed by atoms with van der Waals surface area (Å²) in [7, 11) is 0. The van der Waals surface area contributed by atoms with E-state index in [-0.39, 0.29) is 0 Å². The Bertz CT molecular complexity index is 4260. The number of aromatic nitrogens is 6. The minimum absolute atomic E-state index is 0.606. The molecule has 0 aliphatic heterocycles. The van der Waals surface area contributed by atoms with Crippen LogP contribution in [0.15, 0.2) is 243 Å². The number of fused-ring (bicyclic) bond motifs is 9. The van der Waals surface area contributed by atoms with Gasteiger partial charge in [-0.3, -0.25) is 0 Å². The Kier molecular flexibility index (Phi) is 9.10. The molecular formula is C64H40N6. The van der Waals surface area contributed by atoms with Gasteiger partial charge < -0.3 is 9.13 Å². The fourth-order valence-electron chi connectivity index (χ4n) is 10.5. The van der Waals surface area contributed by atoms with E-state index in [1.165, 1.54) is 43.5 Å². The summed E-state index contributed by atoms with van der Waals surface area (Å²) in [6.45, 7) is 0. The van der Waals surface area contributed by atoms with Crippen LogP contribution in [0.3, 0.4) is 0 Å². The lowest BCUT2D eigenvalue weighted by Crippen LogP contribution is -2.00. The Morgan fingerprint density at radius 3 is 1.26 bits per heavy atom. The van der Waals surface area contributed by atoms with E-state index >= 15 is 0 Å². The molecule has 6 nitrogen and oxygen atoms in total. The molecule has 0 radical (unpaired) electrons. The lowest BCUT2D eigenvalue weighted by molar-refractivity contribution is 1.07. The third kappa shape index (κ3) is 6.42. The van der Waals surface area contributed by atoms with Gasteiger partial charge in [0, 0.05) is 71.5 Å². The molecule has 6 heteroatoms. The zero-order valence-electron chi connectivity index (χ0n) is 37.8. The van der Waals surface area contributed by atoms with Gasteiger partial charge in [-0.2, -0.15) is 0 Å². The van der Waals surface area contributed by atoms with Crippen molar-refractivity contribution in [2.75, 3.05) is 0 Å². The van der Waals surface area contributed by atoms with Crippen LogP contribution < -0.4 is 0 Å². The van der Waals surface area contributed by atoms with E-state index in [2.05, 4.69) is 221 Å². The van der Waals surface area contributed by atoms with Crippen LogP contribution in [0.1, 0.15) is 0 Å². The molecular weight excluding hydrogens is 853 g/mol. The lowest BCUT2D eigenvalue weighted by Gasteiger charge is -2.15. The molecule has 0 saturated carbocycles. The van der Waals surface area contributed by atoms with Gasteiger partial charge in [0.2, 0.25) is 0 Å². The highest BCUT2D eigenvalue weighted by atomic mass is 15.0. The first-order valence-corrected chi connectivity index (χ1v) is 23.6. The highest BCUT2D eigenvalue weighted by molar-refractivity contribution is 6.21. The van der Waals surface area contributed by atoms with Crippen molar-refractivity contribution in [3.05, 3.63) is 243 Å². The minimum Gasteiger partial charge on any atom is -0.309 e. The third-order valence-electron chi connectivity index (χ3n) is 13.8. The van der Waals surface area contributed by atoms with Crippen molar-refractivity contribution in [2.45, 2.75) is 0 Å². The van der Waals surface area contributed by atoms with Gasteiger partial charge in [-0.15, -0.1) is 0 Å². The molecule has 0 spiro atoms. The van der Waals surface area contributed by atoms with Crippen molar-refractivity contribution >= 4 is 65.3 Å². The number of para-hydroxylation sites is 5. The number of hydrogen-bond donors (Lipinski definition) is 0. The Morgan fingerprint density at radius 2 is 0.671 bits per heavy atom. The van der Waals surface area contributed by atoms with Crippen molar-refractivity contribution in [3.8, 4) is 67.9 Å². The molecule has 0 atom stereocenters. The van der Waals surface area contributed by atoms with Gasteiger partial charge in [-0.25, -0.2) is 19.9 Å². The molecule has 70 heavy (non-hydrogen) atoms. The largest absolute Gasteiger partial charge is 0.309 e. The van der Waals surface area contributed by atoms with Crippen molar-refractivity contribution in [2.24, 2.45) is 0 Å². The predicted molar refractivity (Wildman–Crippen MR) is 288 cm³/mol. The van der Waals surface area contributed by atoms with E-state index < -0.39 is 0 Å². The molecule has 0 bridgehead atoms. The van der Waals surface area contributed by atoms with E-state index in [1.54, 1.807) is 0 Å². The topological polar surface area (TPSA) is 61.4 Å². The highest BCUT2D eigenvalue weighted by Crippen LogP contribution is 2.42. The number of nitrogens with zero attached hydrogens (tertiary/aromatic N) is 6. The zero-order valence-corrected chi connectivity index (χ0v) is 37.8. The average Bonchev–Trinajstić information content (AvgIpc) is 3.95. The maximum absolute atomic E-state index is 5.59. The smallest absolute Gasteiger partial charge is 0.164 e. The van der Waals surface area contributed by atoms with Crippen molar-refractivity contribution < 1.29 is 0 Å². The fourth-order valence-corrected chi connectivity index (χ4v) is 10.5.